The normalized spacial score (nSPS) is 24.2. The first kappa shape index (κ1) is 27.7. The molecule has 0 radical (unpaired) electrons. The van der Waals surface area contributed by atoms with Gasteiger partial charge in [0.2, 0.25) is 0 Å². The molecule has 1 nitrogen and oxygen atoms in total. The standard InChI is InChI=1S/C30H50O/c1-23(2)13-9-15-25(5)17-11-18-27(7)21-28-29(22-31)30(28,8)20-12-19-26(6)16-10-14-24(3)4/h13-14,17,19,21,28-29,31H,9-12,15-16,18,20,22H2,1-8H3. The first-order chi connectivity index (χ1) is 14.6. The van der Waals surface area contributed by atoms with E-state index in [0.29, 0.717) is 18.4 Å². The molecule has 1 aliphatic rings. The van der Waals surface area contributed by atoms with Gasteiger partial charge in [-0.3, -0.25) is 0 Å². The zero-order chi connectivity index (χ0) is 23.4. The third-order valence-electron chi connectivity index (χ3n) is 6.98. The van der Waals surface area contributed by atoms with Crippen LogP contribution < -0.4 is 0 Å². The second kappa shape index (κ2) is 13.9. The van der Waals surface area contributed by atoms with E-state index < -0.39 is 0 Å². The van der Waals surface area contributed by atoms with E-state index in [0.717, 1.165) is 38.5 Å². The van der Waals surface area contributed by atoms with Crippen molar-refractivity contribution in [2.75, 3.05) is 6.61 Å². The van der Waals surface area contributed by atoms with Crippen molar-refractivity contribution in [3.8, 4) is 0 Å². The highest BCUT2D eigenvalue weighted by Gasteiger charge is 2.58. The van der Waals surface area contributed by atoms with Crippen LogP contribution in [0.4, 0.5) is 0 Å². The van der Waals surface area contributed by atoms with Gasteiger partial charge in [0.15, 0.2) is 0 Å². The SMILES string of the molecule is CC(C)=CCCC(C)=CCCC(C)=CC1C(CO)C1(C)CCC=C(C)CCC=C(C)C. The average molecular weight is 427 g/mol. The molecule has 1 fully saturated rings. The van der Waals surface area contributed by atoms with Crippen molar-refractivity contribution in [3.05, 3.63) is 58.2 Å². The first-order valence-electron chi connectivity index (χ1n) is 12.5. The van der Waals surface area contributed by atoms with Crippen molar-refractivity contribution in [2.24, 2.45) is 17.3 Å². The Morgan fingerprint density at radius 2 is 1.13 bits per heavy atom. The first-order valence-corrected chi connectivity index (χ1v) is 12.5. The lowest BCUT2D eigenvalue weighted by Gasteiger charge is -2.10. The summed E-state index contributed by atoms with van der Waals surface area (Å²) in [6.07, 6.45) is 21.2. The number of aliphatic hydroxyl groups is 1. The van der Waals surface area contributed by atoms with Gasteiger partial charge in [-0.05, 0) is 117 Å². The second-order valence-electron chi connectivity index (χ2n) is 10.7. The molecule has 31 heavy (non-hydrogen) atoms. The average Bonchev–Trinajstić information content (AvgIpc) is 3.22. The highest BCUT2D eigenvalue weighted by Crippen LogP contribution is 2.62. The van der Waals surface area contributed by atoms with E-state index in [1.807, 2.05) is 0 Å². The van der Waals surface area contributed by atoms with Gasteiger partial charge in [0, 0.05) is 6.61 Å². The molecule has 176 valence electrons. The quantitative estimate of drug-likeness (QED) is 0.274. The summed E-state index contributed by atoms with van der Waals surface area (Å²) in [5.41, 5.74) is 7.56. The van der Waals surface area contributed by atoms with Crippen LogP contribution in [0, 0.1) is 17.3 Å². The summed E-state index contributed by atoms with van der Waals surface area (Å²) in [6.45, 7) is 18.2. The molecule has 0 bridgehead atoms. The van der Waals surface area contributed by atoms with Gasteiger partial charge in [0.1, 0.15) is 0 Å². The molecule has 0 spiro atoms. The minimum atomic E-state index is 0.267. The minimum absolute atomic E-state index is 0.267. The molecule has 1 aliphatic carbocycles. The van der Waals surface area contributed by atoms with Gasteiger partial charge in [-0.25, -0.2) is 0 Å². The van der Waals surface area contributed by atoms with Gasteiger partial charge < -0.3 is 5.11 Å². The fourth-order valence-corrected chi connectivity index (χ4v) is 4.63. The van der Waals surface area contributed by atoms with Crippen molar-refractivity contribution < 1.29 is 5.11 Å². The Balaban J connectivity index is 2.49. The van der Waals surface area contributed by atoms with Crippen LogP contribution in [0.1, 0.15) is 107 Å². The molecule has 3 atom stereocenters. The Hall–Kier alpha value is -1.34. The van der Waals surface area contributed by atoms with Gasteiger partial charge >= 0.3 is 0 Å². The molecule has 0 amide bonds. The maximum atomic E-state index is 9.91. The number of aliphatic hydroxyl groups excluding tert-OH is 1. The lowest BCUT2D eigenvalue weighted by Crippen LogP contribution is -2.01. The summed E-state index contributed by atoms with van der Waals surface area (Å²) in [6, 6.07) is 0. The summed E-state index contributed by atoms with van der Waals surface area (Å²) in [5.74, 6) is 0.975. The van der Waals surface area contributed by atoms with Crippen molar-refractivity contribution >= 4 is 0 Å². The second-order valence-corrected chi connectivity index (χ2v) is 10.7. The summed E-state index contributed by atoms with van der Waals surface area (Å²) >= 11 is 0. The van der Waals surface area contributed by atoms with E-state index >= 15 is 0 Å². The van der Waals surface area contributed by atoms with Gasteiger partial charge in [0.25, 0.3) is 0 Å². The predicted octanol–water partition coefficient (Wildman–Crippen LogP) is 9.12. The maximum absolute atomic E-state index is 9.91. The number of rotatable bonds is 14. The smallest absolute Gasteiger partial charge is 0.0470 e. The van der Waals surface area contributed by atoms with Crippen LogP contribution in [0.5, 0.6) is 0 Å². The zero-order valence-electron chi connectivity index (χ0n) is 21.9. The van der Waals surface area contributed by atoms with E-state index in [2.05, 4.69) is 85.8 Å². The molecular weight excluding hydrogens is 376 g/mol. The minimum Gasteiger partial charge on any atom is -0.396 e. The van der Waals surface area contributed by atoms with E-state index in [1.54, 1.807) is 0 Å². The van der Waals surface area contributed by atoms with Crippen molar-refractivity contribution in [2.45, 2.75) is 107 Å². The fraction of sp³-hybridized carbons (Fsp3) is 0.667. The Morgan fingerprint density at radius 3 is 1.61 bits per heavy atom. The molecule has 1 heteroatoms. The largest absolute Gasteiger partial charge is 0.396 e. The van der Waals surface area contributed by atoms with E-state index in [9.17, 15) is 5.11 Å². The molecule has 0 aliphatic heterocycles. The number of hydrogen-bond acceptors (Lipinski definition) is 1. The molecule has 1 N–H and O–H groups in total. The van der Waals surface area contributed by atoms with Crippen LogP contribution in [0.25, 0.3) is 0 Å². The third-order valence-corrected chi connectivity index (χ3v) is 6.98. The number of hydrogen-bond donors (Lipinski definition) is 1. The Morgan fingerprint density at radius 1 is 0.677 bits per heavy atom. The topological polar surface area (TPSA) is 20.2 Å². The van der Waals surface area contributed by atoms with Crippen LogP contribution in [0.2, 0.25) is 0 Å². The van der Waals surface area contributed by atoms with Crippen LogP contribution in [0.3, 0.4) is 0 Å². The lowest BCUT2D eigenvalue weighted by molar-refractivity contribution is 0.249. The van der Waals surface area contributed by atoms with Crippen LogP contribution in [-0.4, -0.2) is 11.7 Å². The highest BCUT2D eigenvalue weighted by atomic mass is 16.3. The fourth-order valence-electron chi connectivity index (χ4n) is 4.63. The molecule has 0 aromatic rings. The summed E-state index contributed by atoms with van der Waals surface area (Å²) in [5, 5.41) is 9.91. The molecule has 1 saturated carbocycles. The predicted molar refractivity (Wildman–Crippen MR) is 139 cm³/mol. The van der Waals surface area contributed by atoms with Crippen molar-refractivity contribution in [3.63, 3.8) is 0 Å². The Kier molecular flexibility index (Phi) is 12.5. The Labute approximate surface area is 194 Å². The molecule has 0 heterocycles. The summed E-state index contributed by atoms with van der Waals surface area (Å²) in [7, 11) is 0. The molecule has 3 unspecified atom stereocenters. The van der Waals surface area contributed by atoms with E-state index in [-0.39, 0.29) is 5.41 Å². The molecule has 0 aromatic carbocycles. The van der Waals surface area contributed by atoms with Crippen molar-refractivity contribution in [1.82, 2.24) is 0 Å². The molecular formula is C30H50O. The van der Waals surface area contributed by atoms with E-state index in [1.165, 1.54) is 40.7 Å². The summed E-state index contributed by atoms with van der Waals surface area (Å²) in [4.78, 5) is 0. The van der Waals surface area contributed by atoms with E-state index in [4.69, 9.17) is 0 Å². The van der Waals surface area contributed by atoms with Crippen LogP contribution >= 0.6 is 0 Å². The highest BCUT2D eigenvalue weighted by molar-refractivity contribution is 5.20. The lowest BCUT2D eigenvalue weighted by atomic mass is 9.95. The molecule has 1 rings (SSSR count). The van der Waals surface area contributed by atoms with Gasteiger partial charge in [-0.15, -0.1) is 0 Å². The van der Waals surface area contributed by atoms with Crippen LogP contribution in [-0.2, 0) is 0 Å². The monoisotopic (exact) mass is 426 g/mol. The Bertz CT molecular complexity index is 692. The van der Waals surface area contributed by atoms with Crippen LogP contribution in [0.15, 0.2) is 58.2 Å². The zero-order valence-corrected chi connectivity index (χ0v) is 21.9. The van der Waals surface area contributed by atoms with Gasteiger partial charge in [0.05, 0.1) is 0 Å². The third kappa shape index (κ3) is 10.7. The van der Waals surface area contributed by atoms with Gasteiger partial charge in [-0.1, -0.05) is 65.2 Å². The van der Waals surface area contributed by atoms with Crippen molar-refractivity contribution in [1.29, 1.82) is 0 Å². The summed E-state index contributed by atoms with van der Waals surface area (Å²) < 4.78 is 0. The molecule has 0 saturated heterocycles. The molecule has 0 aromatic heterocycles. The van der Waals surface area contributed by atoms with Gasteiger partial charge in [-0.2, -0.15) is 0 Å². The maximum Gasteiger partial charge on any atom is 0.0470 e. The number of allylic oxidation sites excluding steroid dienone is 10.